The van der Waals surface area contributed by atoms with E-state index in [1.54, 1.807) is 0 Å². The van der Waals surface area contributed by atoms with Crippen molar-refractivity contribution < 1.29 is 31.0 Å². The van der Waals surface area contributed by atoms with E-state index in [9.17, 15) is 0 Å². The number of rotatable bonds is 12. The van der Waals surface area contributed by atoms with E-state index < -0.39 is 0 Å². The van der Waals surface area contributed by atoms with E-state index in [4.69, 9.17) is 11.5 Å². The zero-order valence-electron chi connectivity index (χ0n) is 20.2. The van der Waals surface area contributed by atoms with Crippen molar-refractivity contribution in [2.45, 2.75) is 117 Å². The molecule has 0 aliphatic heterocycles. The van der Waals surface area contributed by atoms with Crippen LogP contribution >= 0.6 is 0 Å². The molecule has 0 aromatic rings. The maximum Gasteiger partial charge on any atom is 4.00 e. The summed E-state index contributed by atoms with van der Waals surface area (Å²) in [5, 5.41) is 0. The van der Waals surface area contributed by atoms with E-state index >= 15 is 0 Å². The third-order valence-electron chi connectivity index (χ3n) is 3.65. The van der Waals surface area contributed by atoms with Gasteiger partial charge in [0.15, 0.2) is 0 Å². The molecule has 0 atom stereocenters. The average molecular weight is 481 g/mol. The van der Waals surface area contributed by atoms with Gasteiger partial charge in [0, 0.05) is 8.80 Å². The van der Waals surface area contributed by atoms with Crippen LogP contribution in [0.15, 0.2) is 18.2 Å². The third-order valence-corrected chi connectivity index (χ3v) is 3.65. The number of unbranched alkanes of at least 4 members (excludes halogenated alkanes) is 10. The Morgan fingerprint density at radius 3 is 1.28 bits per heavy atom. The number of hydrogen-bond donors (Lipinski definition) is 0. The Hall–Kier alpha value is 0.491. The van der Waals surface area contributed by atoms with Crippen LogP contribution in [0.3, 0.4) is 0 Å². The summed E-state index contributed by atoms with van der Waals surface area (Å²) in [4.78, 5) is 0. The maximum atomic E-state index is 6.88. The van der Waals surface area contributed by atoms with Crippen LogP contribution in [-0.4, -0.2) is 21.9 Å². The number of hydrogen-bond acceptors (Lipinski definition) is 0. The van der Waals surface area contributed by atoms with E-state index in [1.807, 2.05) is 12.2 Å². The summed E-state index contributed by atoms with van der Waals surface area (Å²) in [5.41, 5.74) is 13.8. The van der Waals surface area contributed by atoms with Gasteiger partial charge >= 0.3 is 18.6 Å². The molecular formula is C24H50ClN2SiV. The van der Waals surface area contributed by atoms with E-state index in [2.05, 4.69) is 45.6 Å². The zero-order chi connectivity index (χ0) is 21.0. The van der Waals surface area contributed by atoms with Gasteiger partial charge in [-0.25, -0.2) is 12.2 Å². The van der Waals surface area contributed by atoms with Gasteiger partial charge in [-0.05, 0) is 0 Å². The molecule has 1 aliphatic carbocycles. The largest absolute Gasteiger partial charge is 4.00 e. The molecule has 29 heavy (non-hydrogen) atoms. The smallest absolute Gasteiger partial charge is 1.00 e. The monoisotopic (exact) mass is 480 g/mol. The molecular weight excluding hydrogens is 431 g/mol. The van der Waals surface area contributed by atoms with Crippen molar-refractivity contribution in [3.05, 3.63) is 35.8 Å². The van der Waals surface area contributed by atoms with Crippen LogP contribution in [0.25, 0.3) is 11.5 Å². The number of nitrogens with one attached hydrogen (secondary N) is 2. The van der Waals surface area contributed by atoms with Crippen LogP contribution in [0.5, 0.6) is 0 Å². The molecule has 0 unspecified atom stereocenters. The molecule has 1 aliphatic rings. The molecule has 1 rings (SSSR count). The van der Waals surface area contributed by atoms with Crippen molar-refractivity contribution >= 4 is 8.80 Å². The molecule has 0 aromatic heterocycles. The average Bonchev–Trinajstić information content (AvgIpc) is 3.22. The second-order valence-corrected chi connectivity index (χ2v) is 10.5. The van der Waals surface area contributed by atoms with E-state index in [0.717, 1.165) is 19.3 Å². The Labute approximate surface area is 205 Å². The van der Waals surface area contributed by atoms with Crippen molar-refractivity contribution in [1.82, 2.24) is 0 Å². The quantitative estimate of drug-likeness (QED) is 0.174. The summed E-state index contributed by atoms with van der Waals surface area (Å²) in [7, 11) is 0.120. The van der Waals surface area contributed by atoms with Crippen molar-refractivity contribution in [3.8, 4) is 0 Å². The standard InChI is InChI=1S/2C8H18N.C5H5.C3H9Si.ClH.V/c2*1-2-3-4-5-6-7-8-9;1-2-4-5-3-1;1-4(2)3;;/h2*9H,2-8H2,1H3;1-3H,4H2;1-3H3;1H;/q3*-1;;;+4/p-1. The Morgan fingerprint density at radius 1 is 0.724 bits per heavy atom. The van der Waals surface area contributed by atoms with Gasteiger partial charge in [0.1, 0.15) is 0 Å². The van der Waals surface area contributed by atoms with Gasteiger partial charge in [0.2, 0.25) is 0 Å². The van der Waals surface area contributed by atoms with Crippen molar-refractivity contribution in [3.63, 3.8) is 0 Å². The summed E-state index contributed by atoms with van der Waals surface area (Å²) >= 11 is 0. The molecule has 0 heterocycles. The van der Waals surface area contributed by atoms with Gasteiger partial charge in [0.05, 0.1) is 0 Å². The molecule has 0 spiro atoms. The predicted molar refractivity (Wildman–Crippen MR) is 130 cm³/mol. The van der Waals surface area contributed by atoms with Gasteiger partial charge in [-0.3, -0.25) is 6.08 Å². The Morgan fingerprint density at radius 2 is 1.07 bits per heavy atom. The normalized spacial score (nSPS) is 10.5. The Balaban J connectivity index is -0.0000000903. The summed E-state index contributed by atoms with van der Waals surface area (Å²) in [6.45, 7) is 12.5. The second-order valence-electron chi connectivity index (χ2n) is 7.54. The molecule has 5 heteroatoms. The first-order chi connectivity index (χ1) is 13.1. The second kappa shape index (κ2) is 42.6. The number of allylic oxidation sites excluding steroid dienone is 4. The first kappa shape index (κ1) is 39.9. The Kier molecular flexibility index (Phi) is 58.6. The fourth-order valence-corrected chi connectivity index (χ4v) is 2.15. The molecule has 2 radical (unpaired) electrons. The zero-order valence-corrected chi connectivity index (χ0v) is 23.3. The minimum absolute atomic E-state index is 0. The predicted octanol–water partition coefficient (Wildman–Crippen LogP) is 6.48. The molecule has 0 saturated carbocycles. The molecule has 0 amide bonds. The van der Waals surface area contributed by atoms with Crippen molar-refractivity contribution in [1.29, 1.82) is 0 Å². The summed E-state index contributed by atoms with van der Waals surface area (Å²) in [5.74, 6) is 0. The maximum absolute atomic E-state index is 6.88. The third kappa shape index (κ3) is 65.4. The Bertz CT molecular complexity index is 249. The van der Waals surface area contributed by atoms with Crippen LogP contribution < -0.4 is 12.4 Å². The molecule has 2 nitrogen and oxygen atoms in total. The van der Waals surface area contributed by atoms with Gasteiger partial charge in [-0.2, -0.15) is 19.2 Å². The molecule has 0 saturated heterocycles. The van der Waals surface area contributed by atoms with Crippen LogP contribution in [0, 0.1) is 6.08 Å². The SMILES string of the molecule is CCCCCCCC[NH-].CCCCCCCC[NH-].C[Si](C)C.[C-]1=CC=CC1.[Cl-].[V+4]. The first-order valence-electron chi connectivity index (χ1n) is 11.3. The van der Waals surface area contributed by atoms with Crippen LogP contribution in [0.1, 0.15) is 97.3 Å². The van der Waals surface area contributed by atoms with E-state index in [1.165, 1.54) is 64.2 Å². The minimum atomic E-state index is 0. The first-order valence-corrected chi connectivity index (χ1v) is 14.3. The fourth-order valence-electron chi connectivity index (χ4n) is 2.15. The van der Waals surface area contributed by atoms with Crippen molar-refractivity contribution in [2.75, 3.05) is 13.1 Å². The minimum Gasteiger partial charge on any atom is -1.00 e. The van der Waals surface area contributed by atoms with Crippen molar-refractivity contribution in [2.24, 2.45) is 0 Å². The van der Waals surface area contributed by atoms with E-state index in [-0.39, 0.29) is 39.8 Å². The molecule has 0 aromatic carbocycles. The van der Waals surface area contributed by atoms with Gasteiger partial charge < -0.3 is 23.9 Å². The van der Waals surface area contributed by atoms with Gasteiger partial charge in [0.25, 0.3) is 0 Å². The molecule has 2 N–H and O–H groups in total. The molecule has 0 fully saturated rings. The van der Waals surface area contributed by atoms with Crippen LogP contribution in [-0.2, 0) is 18.6 Å². The summed E-state index contributed by atoms with van der Waals surface area (Å²) < 4.78 is 0. The summed E-state index contributed by atoms with van der Waals surface area (Å²) in [6.07, 6.45) is 25.5. The number of halogens is 1. The molecule has 172 valence electrons. The van der Waals surface area contributed by atoms with Crippen LogP contribution in [0.2, 0.25) is 19.6 Å². The topological polar surface area (TPSA) is 47.6 Å². The van der Waals surface area contributed by atoms with Gasteiger partial charge in [-0.15, -0.1) is 6.42 Å². The summed E-state index contributed by atoms with van der Waals surface area (Å²) in [6, 6.07) is 0. The van der Waals surface area contributed by atoms with Gasteiger partial charge in [-0.1, -0.05) is 111 Å². The van der Waals surface area contributed by atoms with E-state index in [0.29, 0.717) is 13.1 Å². The fraction of sp³-hybridized carbons (Fsp3) is 0.833. The van der Waals surface area contributed by atoms with Crippen LogP contribution in [0.4, 0.5) is 0 Å². The molecule has 0 bridgehead atoms.